The van der Waals surface area contributed by atoms with Gasteiger partial charge in [-0.2, -0.15) is 0 Å². The smallest absolute Gasteiger partial charge is 0.243 e. The lowest BCUT2D eigenvalue weighted by atomic mass is 10.1. The molecule has 1 saturated heterocycles. The number of hydrogen-bond acceptors (Lipinski definition) is 3. The highest BCUT2D eigenvalue weighted by Gasteiger charge is 2.31. The van der Waals surface area contributed by atoms with Gasteiger partial charge in [-0.1, -0.05) is 20.3 Å². The molecule has 24 heavy (non-hydrogen) atoms. The van der Waals surface area contributed by atoms with Crippen LogP contribution in [0, 0.1) is 5.92 Å². The minimum absolute atomic E-state index is 0. The van der Waals surface area contributed by atoms with Gasteiger partial charge in [-0.3, -0.25) is 9.69 Å². The highest BCUT2D eigenvalue weighted by molar-refractivity contribution is 14.0. The summed E-state index contributed by atoms with van der Waals surface area (Å²) in [6.45, 7) is 12.1. The summed E-state index contributed by atoms with van der Waals surface area (Å²) in [4.78, 5) is 20.3. The molecular formula is C17H36IN5O. The minimum atomic E-state index is 0. The maximum absolute atomic E-state index is 11.8. The lowest BCUT2D eigenvalue weighted by Gasteiger charge is -2.22. The third-order valence-electron chi connectivity index (χ3n) is 4.39. The summed E-state index contributed by atoms with van der Waals surface area (Å²) in [7, 11) is 3.52. The number of carbonyl (C=O) groups excluding carboxylic acids is 1. The molecule has 1 fully saturated rings. The van der Waals surface area contributed by atoms with E-state index in [9.17, 15) is 4.79 Å². The molecule has 1 aliphatic rings. The predicted octanol–water partition coefficient (Wildman–Crippen LogP) is 1.76. The maximum atomic E-state index is 11.8. The number of aliphatic imine (C=N–C) groups is 1. The van der Waals surface area contributed by atoms with Gasteiger partial charge in [0.05, 0.1) is 0 Å². The first-order valence-corrected chi connectivity index (χ1v) is 8.84. The second kappa shape index (κ2) is 11.9. The average molecular weight is 453 g/mol. The van der Waals surface area contributed by atoms with Gasteiger partial charge in [0, 0.05) is 45.8 Å². The summed E-state index contributed by atoms with van der Waals surface area (Å²) < 4.78 is 0. The van der Waals surface area contributed by atoms with Crippen molar-refractivity contribution >= 4 is 35.8 Å². The van der Waals surface area contributed by atoms with Crippen molar-refractivity contribution in [2.75, 3.05) is 40.3 Å². The van der Waals surface area contributed by atoms with Crippen molar-refractivity contribution < 1.29 is 4.79 Å². The van der Waals surface area contributed by atoms with Gasteiger partial charge in [0.15, 0.2) is 5.96 Å². The van der Waals surface area contributed by atoms with E-state index in [0.29, 0.717) is 18.0 Å². The van der Waals surface area contributed by atoms with Gasteiger partial charge < -0.3 is 15.5 Å². The SMILES string of the molecule is CCCCNC(=NCC(=O)N(C)C)NC1CN(C(C)C)CC1C.I. The molecule has 0 aliphatic carbocycles. The van der Waals surface area contributed by atoms with Crippen LogP contribution in [0.25, 0.3) is 0 Å². The molecule has 6 nitrogen and oxygen atoms in total. The van der Waals surface area contributed by atoms with Crippen LogP contribution in [0.2, 0.25) is 0 Å². The molecule has 0 spiro atoms. The van der Waals surface area contributed by atoms with Crippen LogP contribution in [-0.4, -0.2) is 74.0 Å². The quantitative estimate of drug-likeness (QED) is 0.267. The fourth-order valence-corrected chi connectivity index (χ4v) is 2.61. The number of rotatable bonds is 7. The van der Waals surface area contributed by atoms with Crippen LogP contribution in [0.3, 0.4) is 0 Å². The van der Waals surface area contributed by atoms with Gasteiger partial charge in [0.1, 0.15) is 6.54 Å². The van der Waals surface area contributed by atoms with Gasteiger partial charge in [0.2, 0.25) is 5.91 Å². The number of nitrogens with zero attached hydrogens (tertiary/aromatic N) is 3. The first-order chi connectivity index (χ1) is 10.8. The number of nitrogens with one attached hydrogen (secondary N) is 2. The highest BCUT2D eigenvalue weighted by Crippen LogP contribution is 2.18. The zero-order valence-electron chi connectivity index (χ0n) is 16.1. The highest BCUT2D eigenvalue weighted by atomic mass is 127. The number of carbonyl (C=O) groups is 1. The summed E-state index contributed by atoms with van der Waals surface area (Å²) in [5.41, 5.74) is 0. The Morgan fingerprint density at radius 1 is 1.33 bits per heavy atom. The Morgan fingerprint density at radius 2 is 2.00 bits per heavy atom. The van der Waals surface area contributed by atoms with Crippen molar-refractivity contribution in [3.05, 3.63) is 0 Å². The topological polar surface area (TPSA) is 60.0 Å². The Balaban J connectivity index is 0.00000529. The normalized spacial score (nSPS) is 21.5. The van der Waals surface area contributed by atoms with E-state index in [1.165, 1.54) is 0 Å². The van der Waals surface area contributed by atoms with E-state index in [-0.39, 0.29) is 36.4 Å². The predicted molar refractivity (Wildman–Crippen MR) is 112 cm³/mol. The monoisotopic (exact) mass is 453 g/mol. The van der Waals surface area contributed by atoms with Crippen LogP contribution in [0.1, 0.15) is 40.5 Å². The molecule has 2 N–H and O–H groups in total. The molecule has 142 valence electrons. The van der Waals surface area contributed by atoms with E-state index in [2.05, 4.69) is 48.2 Å². The van der Waals surface area contributed by atoms with Crippen molar-refractivity contribution in [3.8, 4) is 0 Å². The van der Waals surface area contributed by atoms with Gasteiger partial charge >= 0.3 is 0 Å². The zero-order chi connectivity index (χ0) is 17.4. The van der Waals surface area contributed by atoms with Gasteiger partial charge in [-0.15, -0.1) is 24.0 Å². The van der Waals surface area contributed by atoms with E-state index in [1.54, 1.807) is 19.0 Å². The van der Waals surface area contributed by atoms with Crippen molar-refractivity contribution in [1.29, 1.82) is 0 Å². The second-order valence-electron chi connectivity index (χ2n) is 7.01. The van der Waals surface area contributed by atoms with Crippen LogP contribution in [0.5, 0.6) is 0 Å². The van der Waals surface area contributed by atoms with Gasteiger partial charge in [0.25, 0.3) is 0 Å². The van der Waals surface area contributed by atoms with Crippen LogP contribution < -0.4 is 10.6 Å². The average Bonchev–Trinajstić information content (AvgIpc) is 2.85. The molecule has 1 amide bonds. The van der Waals surface area contributed by atoms with E-state index < -0.39 is 0 Å². The van der Waals surface area contributed by atoms with E-state index in [1.807, 2.05) is 0 Å². The number of likely N-dealkylation sites (tertiary alicyclic amines) is 1. The molecule has 1 heterocycles. The second-order valence-corrected chi connectivity index (χ2v) is 7.01. The Kier molecular flexibility index (Phi) is 11.6. The number of halogens is 1. The number of likely N-dealkylation sites (N-methyl/N-ethyl adjacent to an activating group) is 1. The first-order valence-electron chi connectivity index (χ1n) is 8.84. The summed E-state index contributed by atoms with van der Waals surface area (Å²) in [6, 6.07) is 0.938. The largest absolute Gasteiger partial charge is 0.356 e. The standard InChI is InChI=1S/C17H35N5O.HI/c1-7-8-9-18-17(19-10-16(23)21(5)6)20-15-12-22(13(2)3)11-14(15)4;/h13-15H,7-12H2,1-6H3,(H2,18,19,20);1H. The van der Waals surface area contributed by atoms with Crippen molar-refractivity contribution in [2.24, 2.45) is 10.9 Å². The Bertz CT molecular complexity index is 400. The molecule has 0 radical (unpaired) electrons. The minimum Gasteiger partial charge on any atom is -0.356 e. The summed E-state index contributed by atoms with van der Waals surface area (Å²) >= 11 is 0. The fraction of sp³-hybridized carbons (Fsp3) is 0.882. The Labute approximate surface area is 164 Å². The molecule has 1 rings (SSSR count). The Hall–Kier alpha value is -0.570. The van der Waals surface area contributed by atoms with Crippen LogP contribution in [-0.2, 0) is 4.79 Å². The number of unbranched alkanes of at least 4 members (excludes halogenated alkanes) is 1. The third-order valence-corrected chi connectivity index (χ3v) is 4.39. The van der Waals surface area contributed by atoms with Crippen LogP contribution >= 0.6 is 24.0 Å². The van der Waals surface area contributed by atoms with Crippen molar-refractivity contribution in [2.45, 2.75) is 52.6 Å². The third kappa shape index (κ3) is 8.00. The lowest BCUT2D eigenvalue weighted by Crippen LogP contribution is -2.47. The molecule has 2 atom stereocenters. The summed E-state index contributed by atoms with van der Waals surface area (Å²) in [5, 5.41) is 6.89. The molecule has 0 aromatic carbocycles. The molecule has 1 aliphatic heterocycles. The summed E-state index contributed by atoms with van der Waals surface area (Å²) in [6.07, 6.45) is 2.23. The van der Waals surface area contributed by atoms with Crippen molar-refractivity contribution in [1.82, 2.24) is 20.4 Å². The number of guanidine groups is 1. The first kappa shape index (κ1) is 23.4. The fourth-order valence-electron chi connectivity index (χ4n) is 2.61. The molecule has 2 unspecified atom stereocenters. The number of amides is 1. The van der Waals surface area contributed by atoms with Crippen LogP contribution in [0.15, 0.2) is 4.99 Å². The summed E-state index contributed by atoms with van der Waals surface area (Å²) in [5.74, 6) is 1.35. The van der Waals surface area contributed by atoms with Crippen LogP contribution in [0.4, 0.5) is 0 Å². The number of hydrogen-bond donors (Lipinski definition) is 2. The lowest BCUT2D eigenvalue weighted by molar-refractivity contribution is -0.127. The van der Waals surface area contributed by atoms with E-state index in [4.69, 9.17) is 0 Å². The molecular weight excluding hydrogens is 417 g/mol. The molecule has 0 aromatic heterocycles. The van der Waals surface area contributed by atoms with Gasteiger partial charge in [-0.25, -0.2) is 4.99 Å². The van der Waals surface area contributed by atoms with E-state index >= 15 is 0 Å². The molecule has 0 aromatic rings. The Morgan fingerprint density at radius 3 is 2.50 bits per heavy atom. The van der Waals surface area contributed by atoms with Crippen molar-refractivity contribution in [3.63, 3.8) is 0 Å². The van der Waals surface area contributed by atoms with E-state index in [0.717, 1.165) is 38.4 Å². The zero-order valence-corrected chi connectivity index (χ0v) is 18.5. The molecule has 0 bridgehead atoms. The maximum Gasteiger partial charge on any atom is 0.243 e. The molecule has 0 saturated carbocycles. The van der Waals surface area contributed by atoms with Gasteiger partial charge in [-0.05, 0) is 26.2 Å². The molecule has 7 heteroatoms.